The Labute approximate surface area is 262 Å². The van der Waals surface area contributed by atoms with E-state index in [9.17, 15) is 29.4 Å². The molecule has 1 heterocycles. The number of fused-ring (bicyclic) bond motifs is 1. The molecule has 0 spiro atoms. The average molecular weight is 612 g/mol. The molecular formula is C36H41N3O6. The first kappa shape index (κ1) is 33.2. The molecule has 0 radical (unpaired) electrons. The third-order valence-corrected chi connectivity index (χ3v) is 9.15. The minimum Gasteiger partial charge on any atom is -0.480 e. The van der Waals surface area contributed by atoms with Crippen LogP contribution in [0.3, 0.4) is 0 Å². The normalized spacial score (nSPS) is 12.7. The fourth-order valence-corrected chi connectivity index (χ4v) is 6.66. The summed E-state index contributed by atoms with van der Waals surface area (Å²) in [6.45, 7) is 12.9. The van der Waals surface area contributed by atoms with Crippen LogP contribution in [0.25, 0.3) is 22.0 Å². The summed E-state index contributed by atoms with van der Waals surface area (Å²) in [5, 5.41) is 30.1. The molecular weight excluding hydrogens is 570 g/mol. The first-order valence-electron chi connectivity index (χ1n) is 15.0. The molecule has 236 valence electrons. The number of nitrogens with zero attached hydrogens (tertiary/aromatic N) is 3. The minimum absolute atomic E-state index is 0.190. The molecule has 9 nitrogen and oxygen atoms in total. The van der Waals surface area contributed by atoms with E-state index in [0.29, 0.717) is 5.52 Å². The summed E-state index contributed by atoms with van der Waals surface area (Å²) in [4.78, 5) is 54.0. The highest BCUT2D eigenvalue weighted by Gasteiger charge is 2.62. The summed E-state index contributed by atoms with van der Waals surface area (Å²) >= 11 is 0. The Balaban J connectivity index is 1.84. The fraction of sp³-hybridized carbons (Fsp3) is 0.389. The van der Waals surface area contributed by atoms with Crippen LogP contribution in [0.4, 0.5) is 0 Å². The van der Waals surface area contributed by atoms with Gasteiger partial charge in [0.2, 0.25) is 0 Å². The second-order valence-corrected chi connectivity index (χ2v) is 13.8. The minimum atomic E-state index is -2.60. The highest BCUT2D eigenvalue weighted by atomic mass is 16.4. The molecule has 0 fully saturated rings. The van der Waals surface area contributed by atoms with Crippen LogP contribution in [0.2, 0.25) is 0 Å². The summed E-state index contributed by atoms with van der Waals surface area (Å²) in [6, 6.07) is 21.4. The second kappa shape index (κ2) is 12.0. The molecule has 0 saturated heterocycles. The monoisotopic (exact) mass is 611 g/mol. The number of carboxylic acids is 2. The van der Waals surface area contributed by atoms with E-state index < -0.39 is 57.9 Å². The third kappa shape index (κ3) is 5.91. The van der Waals surface area contributed by atoms with Gasteiger partial charge in [-0.3, -0.25) is 19.2 Å². The highest BCUT2D eigenvalue weighted by Crippen LogP contribution is 2.55. The van der Waals surface area contributed by atoms with E-state index in [-0.39, 0.29) is 10.9 Å². The number of Topliss-reactive ketones (excluding diaryl/α,β-unsaturated/α-hetero) is 1. The van der Waals surface area contributed by atoms with Gasteiger partial charge in [0.15, 0.2) is 11.2 Å². The highest BCUT2D eigenvalue weighted by molar-refractivity contribution is 6.06. The largest absolute Gasteiger partial charge is 0.480 e. The Bertz CT molecular complexity index is 1760. The number of carbonyl (C=O) groups is 3. The maximum Gasteiger partial charge on any atom is 0.321 e. The van der Waals surface area contributed by atoms with E-state index in [1.54, 1.807) is 48.5 Å². The Morgan fingerprint density at radius 1 is 0.756 bits per heavy atom. The van der Waals surface area contributed by atoms with E-state index in [0.717, 1.165) is 22.2 Å². The zero-order valence-corrected chi connectivity index (χ0v) is 26.9. The van der Waals surface area contributed by atoms with E-state index in [1.165, 1.54) is 5.56 Å². The lowest BCUT2D eigenvalue weighted by molar-refractivity contribution is -0.172. The van der Waals surface area contributed by atoms with Gasteiger partial charge in [0.1, 0.15) is 5.52 Å². The Morgan fingerprint density at radius 3 is 1.76 bits per heavy atom. The molecule has 2 N–H and O–H groups in total. The smallest absolute Gasteiger partial charge is 0.321 e. The summed E-state index contributed by atoms with van der Waals surface area (Å²) in [6.07, 6.45) is -0.513. The molecule has 3 aromatic carbocycles. The van der Waals surface area contributed by atoms with Crippen LogP contribution in [-0.2, 0) is 21.5 Å². The van der Waals surface area contributed by atoms with Crippen LogP contribution < -0.4 is 5.56 Å². The molecule has 0 aliphatic rings. The summed E-state index contributed by atoms with van der Waals surface area (Å²) in [7, 11) is 0. The zero-order valence-electron chi connectivity index (χ0n) is 26.9. The van der Waals surface area contributed by atoms with Crippen LogP contribution >= 0.6 is 0 Å². The average Bonchev–Trinajstić information content (AvgIpc) is 2.98. The summed E-state index contributed by atoms with van der Waals surface area (Å²) in [5.74, 6) is -3.98. The molecule has 0 bridgehead atoms. The van der Waals surface area contributed by atoms with Crippen LogP contribution in [0, 0.1) is 16.2 Å². The van der Waals surface area contributed by atoms with Crippen molar-refractivity contribution < 1.29 is 24.6 Å². The van der Waals surface area contributed by atoms with Crippen LogP contribution in [0.15, 0.2) is 77.6 Å². The first-order valence-corrected chi connectivity index (χ1v) is 15.0. The summed E-state index contributed by atoms with van der Waals surface area (Å²) in [5.41, 5.74) is -2.94. The number of carbonyl (C=O) groups excluding carboxylic acids is 1. The number of ketones is 1. The quantitative estimate of drug-likeness (QED) is 0.151. The maximum atomic E-state index is 14.0. The van der Waals surface area contributed by atoms with Gasteiger partial charge in [-0.2, -0.15) is 0 Å². The molecule has 0 saturated carbocycles. The Kier molecular flexibility index (Phi) is 8.88. The van der Waals surface area contributed by atoms with Gasteiger partial charge < -0.3 is 10.2 Å². The second-order valence-electron chi connectivity index (χ2n) is 13.8. The van der Waals surface area contributed by atoms with Crippen molar-refractivity contribution in [1.82, 2.24) is 15.0 Å². The molecule has 0 unspecified atom stereocenters. The number of rotatable bonds is 10. The Morgan fingerprint density at radius 2 is 1.27 bits per heavy atom. The number of aromatic nitrogens is 3. The van der Waals surface area contributed by atoms with Gasteiger partial charge in [-0.15, -0.1) is 5.10 Å². The van der Waals surface area contributed by atoms with Crippen LogP contribution in [0.5, 0.6) is 0 Å². The van der Waals surface area contributed by atoms with Gasteiger partial charge in [-0.1, -0.05) is 114 Å². The van der Waals surface area contributed by atoms with Gasteiger partial charge in [-0.25, -0.2) is 4.68 Å². The lowest BCUT2D eigenvalue weighted by Crippen LogP contribution is -2.63. The van der Waals surface area contributed by atoms with Crippen molar-refractivity contribution in [3.05, 3.63) is 94.3 Å². The van der Waals surface area contributed by atoms with Crippen LogP contribution in [-0.4, -0.2) is 42.9 Å². The molecule has 4 rings (SSSR count). The van der Waals surface area contributed by atoms with E-state index in [1.807, 2.05) is 65.8 Å². The molecule has 0 amide bonds. The molecule has 0 aliphatic heterocycles. The molecule has 0 atom stereocenters. The molecule has 4 aromatic rings. The first-order chi connectivity index (χ1) is 21.0. The standard InChI is InChI=1S/C36H41N3O6/c1-8-23-13-15-24(16-14-23)25-17-19-26(20-18-25)29(40)21-35(31(42)43,32(44)45)22-36(33(2,3)4,34(5,6)7)39-30(41)27-11-9-10-12-28(27)37-38-39/h9-20H,8,21-22H2,1-7H3,(H,42,43)(H,44,45). The molecule has 0 aliphatic carbocycles. The van der Waals surface area contributed by atoms with Crippen molar-refractivity contribution in [3.8, 4) is 11.1 Å². The van der Waals surface area contributed by atoms with E-state index in [2.05, 4.69) is 17.2 Å². The number of hydrogen-bond acceptors (Lipinski definition) is 6. The lowest BCUT2D eigenvalue weighted by Gasteiger charge is -2.55. The number of benzene rings is 3. The third-order valence-electron chi connectivity index (χ3n) is 9.15. The van der Waals surface area contributed by atoms with Gasteiger partial charge in [0, 0.05) is 18.4 Å². The van der Waals surface area contributed by atoms with Crippen LogP contribution in [0.1, 0.15) is 77.2 Å². The molecule has 45 heavy (non-hydrogen) atoms. The van der Waals surface area contributed by atoms with Gasteiger partial charge in [-0.05, 0) is 46.1 Å². The van der Waals surface area contributed by atoms with Crippen molar-refractivity contribution in [1.29, 1.82) is 0 Å². The van der Waals surface area contributed by atoms with Gasteiger partial charge in [0.05, 0.1) is 10.9 Å². The van der Waals surface area contributed by atoms with E-state index >= 15 is 0 Å². The molecule has 1 aromatic heterocycles. The fourth-order valence-electron chi connectivity index (χ4n) is 6.66. The van der Waals surface area contributed by atoms with Crippen molar-refractivity contribution in [2.45, 2.75) is 73.3 Å². The topological polar surface area (TPSA) is 139 Å². The predicted molar refractivity (Wildman–Crippen MR) is 173 cm³/mol. The van der Waals surface area contributed by atoms with Crippen molar-refractivity contribution in [2.75, 3.05) is 0 Å². The van der Waals surface area contributed by atoms with E-state index in [4.69, 9.17) is 0 Å². The van der Waals surface area contributed by atoms with Crippen molar-refractivity contribution in [3.63, 3.8) is 0 Å². The van der Waals surface area contributed by atoms with Crippen molar-refractivity contribution >= 4 is 28.6 Å². The predicted octanol–water partition coefficient (Wildman–Crippen LogP) is 6.63. The van der Waals surface area contributed by atoms with Crippen molar-refractivity contribution in [2.24, 2.45) is 16.2 Å². The lowest BCUT2D eigenvalue weighted by atomic mass is 9.54. The number of hydrogen-bond donors (Lipinski definition) is 2. The van der Waals surface area contributed by atoms with Gasteiger partial charge >= 0.3 is 11.9 Å². The maximum absolute atomic E-state index is 14.0. The Hall–Kier alpha value is -4.66. The van der Waals surface area contributed by atoms with Gasteiger partial charge in [0.25, 0.3) is 5.56 Å². The number of aryl methyl sites for hydroxylation is 1. The number of aliphatic carboxylic acids is 2. The SMILES string of the molecule is CCc1ccc(-c2ccc(C(=O)CC(CC(n3nnc4ccccc4c3=O)(C(C)(C)C)C(C)(C)C)(C(=O)O)C(=O)O)cc2)cc1. The molecule has 9 heteroatoms. The zero-order chi connectivity index (χ0) is 33.4. The summed E-state index contributed by atoms with van der Waals surface area (Å²) < 4.78 is 1.15. The number of carboxylic acid groups (broad SMARTS) is 2.